The van der Waals surface area contributed by atoms with E-state index in [0.29, 0.717) is 5.56 Å². The maximum Gasteiger partial charge on any atom is 0.322 e. The van der Waals surface area contributed by atoms with Gasteiger partial charge in [0, 0.05) is 3.57 Å². The molecular formula is C16H19IO6. The SMILES string of the molecule is CC(C)(C)OC(=O)CC(Cc1ccc(I)cc1)(C(=O)O)C(=O)O. The van der Waals surface area contributed by atoms with E-state index in [0.717, 1.165) is 3.57 Å². The van der Waals surface area contributed by atoms with Crippen molar-refractivity contribution in [2.45, 2.75) is 39.2 Å². The molecule has 0 amide bonds. The summed E-state index contributed by atoms with van der Waals surface area (Å²) in [5.41, 5.74) is -2.54. The molecule has 0 aliphatic carbocycles. The lowest BCUT2D eigenvalue weighted by atomic mass is 9.78. The van der Waals surface area contributed by atoms with E-state index in [4.69, 9.17) is 4.74 Å². The van der Waals surface area contributed by atoms with E-state index in [2.05, 4.69) is 22.6 Å². The smallest absolute Gasteiger partial charge is 0.322 e. The van der Waals surface area contributed by atoms with E-state index < -0.39 is 35.3 Å². The fourth-order valence-electron chi connectivity index (χ4n) is 2.03. The third-order valence-corrected chi connectivity index (χ3v) is 3.82. The molecule has 0 aliphatic rings. The van der Waals surface area contributed by atoms with Gasteiger partial charge in [0.25, 0.3) is 0 Å². The van der Waals surface area contributed by atoms with Gasteiger partial charge < -0.3 is 14.9 Å². The Labute approximate surface area is 148 Å². The topological polar surface area (TPSA) is 101 Å². The molecule has 0 bridgehead atoms. The first-order valence-electron chi connectivity index (χ1n) is 6.89. The molecule has 0 aromatic heterocycles. The molecule has 7 heteroatoms. The summed E-state index contributed by atoms with van der Waals surface area (Å²) < 4.78 is 6.02. The van der Waals surface area contributed by atoms with Crippen LogP contribution in [0.2, 0.25) is 0 Å². The first kappa shape index (κ1) is 19.4. The summed E-state index contributed by atoms with van der Waals surface area (Å²) in [7, 11) is 0. The van der Waals surface area contributed by atoms with Crippen LogP contribution in [0.15, 0.2) is 24.3 Å². The molecule has 0 atom stereocenters. The first-order chi connectivity index (χ1) is 10.5. The molecule has 0 aliphatic heterocycles. The van der Waals surface area contributed by atoms with Crippen molar-refractivity contribution in [2.24, 2.45) is 5.41 Å². The molecule has 0 saturated heterocycles. The first-order valence-corrected chi connectivity index (χ1v) is 7.97. The van der Waals surface area contributed by atoms with Crippen LogP contribution < -0.4 is 0 Å². The average Bonchev–Trinajstić information content (AvgIpc) is 2.37. The van der Waals surface area contributed by atoms with Gasteiger partial charge in [0.05, 0.1) is 6.42 Å². The van der Waals surface area contributed by atoms with E-state index >= 15 is 0 Å². The lowest BCUT2D eigenvalue weighted by Gasteiger charge is -2.26. The number of hydrogen-bond donors (Lipinski definition) is 2. The number of halogens is 1. The molecule has 0 spiro atoms. The summed E-state index contributed by atoms with van der Waals surface area (Å²) in [4.78, 5) is 35.3. The predicted molar refractivity (Wildman–Crippen MR) is 91.0 cm³/mol. The molecule has 0 heterocycles. The molecule has 0 fully saturated rings. The molecule has 6 nitrogen and oxygen atoms in total. The molecule has 0 saturated carbocycles. The van der Waals surface area contributed by atoms with Gasteiger partial charge in [-0.3, -0.25) is 14.4 Å². The van der Waals surface area contributed by atoms with Gasteiger partial charge in [0.2, 0.25) is 0 Å². The molecule has 126 valence electrons. The van der Waals surface area contributed by atoms with E-state index in [1.807, 2.05) is 0 Å². The number of ether oxygens (including phenoxy) is 1. The molecule has 1 aromatic carbocycles. The second kappa shape index (κ2) is 7.29. The van der Waals surface area contributed by atoms with Crippen LogP contribution >= 0.6 is 22.6 Å². The highest BCUT2D eigenvalue weighted by molar-refractivity contribution is 14.1. The van der Waals surface area contributed by atoms with Crippen molar-refractivity contribution >= 4 is 40.5 Å². The zero-order chi connectivity index (χ0) is 17.8. The van der Waals surface area contributed by atoms with Crippen LogP contribution in [0.25, 0.3) is 0 Å². The summed E-state index contributed by atoms with van der Waals surface area (Å²) in [5.74, 6) is -3.98. The summed E-state index contributed by atoms with van der Waals surface area (Å²) >= 11 is 2.09. The van der Waals surface area contributed by atoms with E-state index in [1.54, 1.807) is 45.0 Å². The third-order valence-electron chi connectivity index (χ3n) is 3.10. The van der Waals surface area contributed by atoms with Crippen LogP contribution in [0.1, 0.15) is 32.8 Å². The number of carboxylic acids is 2. The van der Waals surface area contributed by atoms with Crippen molar-refractivity contribution in [1.29, 1.82) is 0 Å². The van der Waals surface area contributed by atoms with Crippen LogP contribution in [0.3, 0.4) is 0 Å². The monoisotopic (exact) mass is 434 g/mol. The number of carbonyl (C=O) groups excluding carboxylic acids is 1. The van der Waals surface area contributed by atoms with Gasteiger partial charge in [-0.05, 0) is 67.5 Å². The van der Waals surface area contributed by atoms with Crippen LogP contribution in [0.5, 0.6) is 0 Å². The largest absolute Gasteiger partial charge is 0.480 e. The Hall–Kier alpha value is -1.64. The molecule has 2 N–H and O–H groups in total. The van der Waals surface area contributed by atoms with Crippen molar-refractivity contribution in [3.05, 3.63) is 33.4 Å². The zero-order valence-electron chi connectivity index (χ0n) is 13.1. The summed E-state index contributed by atoms with van der Waals surface area (Å²) in [5, 5.41) is 18.9. The maximum atomic E-state index is 12.0. The number of hydrogen-bond acceptors (Lipinski definition) is 4. The lowest BCUT2D eigenvalue weighted by Crippen LogP contribution is -2.44. The zero-order valence-corrected chi connectivity index (χ0v) is 15.3. The Kier molecular flexibility index (Phi) is 6.15. The van der Waals surface area contributed by atoms with Gasteiger partial charge in [-0.25, -0.2) is 0 Å². The summed E-state index contributed by atoms with van der Waals surface area (Å²) in [6.45, 7) is 4.90. The Bertz CT molecular complexity index is 586. The van der Waals surface area contributed by atoms with E-state index in [9.17, 15) is 24.6 Å². The summed E-state index contributed by atoms with van der Waals surface area (Å²) in [6.07, 6.45) is -1.03. The molecular weight excluding hydrogens is 415 g/mol. The lowest BCUT2D eigenvalue weighted by molar-refractivity contribution is -0.174. The van der Waals surface area contributed by atoms with Gasteiger partial charge in [-0.2, -0.15) is 0 Å². The van der Waals surface area contributed by atoms with Crippen molar-refractivity contribution in [3.8, 4) is 0 Å². The van der Waals surface area contributed by atoms with Crippen LogP contribution in [-0.2, 0) is 25.5 Å². The van der Waals surface area contributed by atoms with E-state index in [1.165, 1.54) is 0 Å². The Morgan fingerprint density at radius 3 is 1.91 bits per heavy atom. The Morgan fingerprint density at radius 1 is 1.04 bits per heavy atom. The third kappa shape index (κ3) is 5.49. The number of esters is 1. The van der Waals surface area contributed by atoms with Crippen LogP contribution in [-0.4, -0.2) is 33.7 Å². The second-order valence-corrected chi connectivity index (χ2v) is 7.50. The number of carbonyl (C=O) groups is 3. The fourth-order valence-corrected chi connectivity index (χ4v) is 2.39. The summed E-state index contributed by atoms with van der Waals surface area (Å²) in [6, 6.07) is 6.80. The molecule has 0 unspecified atom stereocenters. The molecule has 0 radical (unpaired) electrons. The van der Waals surface area contributed by atoms with Crippen molar-refractivity contribution in [2.75, 3.05) is 0 Å². The van der Waals surface area contributed by atoms with Crippen LogP contribution in [0.4, 0.5) is 0 Å². The number of rotatable bonds is 6. The maximum absolute atomic E-state index is 12.0. The highest BCUT2D eigenvalue weighted by atomic mass is 127. The minimum atomic E-state index is -2.25. The number of carboxylic acid groups (broad SMARTS) is 2. The normalized spacial score (nSPS) is 11.8. The van der Waals surface area contributed by atoms with Crippen molar-refractivity contribution < 1.29 is 29.3 Å². The Morgan fingerprint density at radius 2 is 1.52 bits per heavy atom. The minimum absolute atomic E-state index is 0.298. The molecule has 1 rings (SSSR count). The van der Waals surface area contributed by atoms with Gasteiger partial charge in [0.1, 0.15) is 5.60 Å². The quantitative estimate of drug-likeness (QED) is 0.406. The molecule has 23 heavy (non-hydrogen) atoms. The second-order valence-electron chi connectivity index (χ2n) is 6.26. The van der Waals surface area contributed by atoms with Gasteiger partial charge in [-0.15, -0.1) is 0 Å². The Balaban J connectivity index is 3.12. The molecule has 1 aromatic rings. The number of aliphatic carboxylic acids is 2. The fraction of sp³-hybridized carbons (Fsp3) is 0.438. The van der Waals surface area contributed by atoms with Gasteiger partial charge in [0.15, 0.2) is 5.41 Å². The van der Waals surface area contributed by atoms with Gasteiger partial charge in [-0.1, -0.05) is 12.1 Å². The van der Waals surface area contributed by atoms with Crippen LogP contribution in [0, 0.1) is 8.99 Å². The minimum Gasteiger partial charge on any atom is -0.480 e. The highest BCUT2D eigenvalue weighted by Gasteiger charge is 2.49. The predicted octanol–water partition coefficient (Wildman–Crippen LogP) is 2.72. The average molecular weight is 434 g/mol. The van der Waals surface area contributed by atoms with E-state index in [-0.39, 0.29) is 6.42 Å². The standard InChI is InChI=1S/C16H19IO6/c1-15(2,3)23-12(18)9-16(13(19)20,14(21)22)8-10-4-6-11(17)7-5-10/h4-7H,8-9H2,1-3H3,(H,19,20)(H,21,22). The highest BCUT2D eigenvalue weighted by Crippen LogP contribution is 2.30. The van der Waals surface area contributed by atoms with Crippen molar-refractivity contribution in [3.63, 3.8) is 0 Å². The number of benzene rings is 1. The van der Waals surface area contributed by atoms with Crippen molar-refractivity contribution in [1.82, 2.24) is 0 Å². The van der Waals surface area contributed by atoms with Gasteiger partial charge >= 0.3 is 17.9 Å².